The summed E-state index contributed by atoms with van der Waals surface area (Å²) in [6.45, 7) is 1.24. The lowest BCUT2D eigenvalue weighted by Crippen LogP contribution is -2.03. The number of benzene rings is 4. The van der Waals surface area contributed by atoms with E-state index in [1.54, 1.807) is 61.7 Å². The van der Waals surface area contributed by atoms with Crippen LogP contribution in [0.2, 0.25) is 0 Å². The summed E-state index contributed by atoms with van der Waals surface area (Å²) in [4.78, 5) is 4.14. The molecule has 2 aromatic heterocycles. The van der Waals surface area contributed by atoms with Crippen LogP contribution in [0.4, 0.5) is 14.6 Å². The Morgan fingerprint density at radius 3 is 2.38 bits per heavy atom. The second-order valence-corrected chi connectivity index (χ2v) is 9.94. The number of hydrogen-bond donors (Lipinski definition) is 2. The molecule has 4 aromatic carbocycles. The van der Waals surface area contributed by atoms with Gasteiger partial charge in [-0.25, -0.2) is 26.9 Å². The molecule has 0 bridgehead atoms. The summed E-state index contributed by atoms with van der Waals surface area (Å²) in [5, 5.41) is 6.70. The van der Waals surface area contributed by atoms with Crippen LogP contribution in [-0.4, -0.2) is 23.2 Å². The van der Waals surface area contributed by atoms with Gasteiger partial charge in [0.2, 0.25) is 0 Å². The number of aryl methyl sites for hydroxylation is 1. The number of anilines is 1. The highest BCUT2D eigenvalue weighted by Crippen LogP contribution is 2.37. The molecule has 2 heterocycles. The molecule has 0 spiro atoms. The van der Waals surface area contributed by atoms with E-state index in [1.807, 2.05) is 18.2 Å². The standard InChI is InChI=1S/C30H22F2N4O3S/c1-17-21-9-11-24(23-12-10-22(18-5-3-2-4-6-18)26(27(23)31)16-39-40(37)38)28(32)29(21)36(35-17)20-8-7-19-13-14-34-30(33)25(19)15-20/h2-15,40H,16H2,1H3,(H2,33,34). The molecule has 0 amide bonds. The van der Waals surface area contributed by atoms with Crippen molar-refractivity contribution in [1.29, 1.82) is 0 Å². The zero-order chi connectivity index (χ0) is 28.0. The zero-order valence-corrected chi connectivity index (χ0v) is 22.0. The van der Waals surface area contributed by atoms with E-state index in [9.17, 15) is 8.42 Å². The van der Waals surface area contributed by atoms with Gasteiger partial charge in [0.05, 0.1) is 18.0 Å². The Labute approximate surface area is 229 Å². The van der Waals surface area contributed by atoms with Crippen molar-refractivity contribution >= 4 is 38.5 Å². The van der Waals surface area contributed by atoms with Crippen molar-refractivity contribution in [3.63, 3.8) is 0 Å². The quantitative estimate of drug-likeness (QED) is 0.240. The first-order valence-corrected chi connectivity index (χ1v) is 13.4. The minimum Gasteiger partial charge on any atom is -0.383 e. The zero-order valence-electron chi connectivity index (χ0n) is 21.1. The van der Waals surface area contributed by atoms with Crippen LogP contribution in [0.5, 0.6) is 0 Å². The molecule has 40 heavy (non-hydrogen) atoms. The molecule has 0 radical (unpaired) electrons. The first kappa shape index (κ1) is 25.6. The summed E-state index contributed by atoms with van der Waals surface area (Å²) in [6.07, 6.45) is 1.61. The van der Waals surface area contributed by atoms with E-state index >= 15 is 8.78 Å². The Morgan fingerprint density at radius 2 is 1.60 bits per heavy atom. The molecular weight excluding hydrogens is 534 g/mol. The van der Waals surface area contributed by atoms with Crippen LogP contribution >= 0.6 is 0 Å². The Morgan fingerprint density at radius 1 is 0.875 bits per heavy atom. The molecule has 0 atom stereocenters. The summed E-state index contributed by atoms with van der Waals surface area (Å²) < 4.78 is 61.1. The number of nitrogens with zero attached hydrogens (tertiary/aromatic N) is 3. The fourth-order valence-electron chi connectivity index (χ4n) is 5.00. The first-order chi connectivity index (χ1) is 19.3. The SMILES string of the molecule is Cc1nn(-c2ccc3ccnc(N)c3c2)c2c(F)c(-c3ccc(-c4ccccc4)c(CO[SH](=O)=O)c3F)ccc12. The number of rotatable bonds is 6. The topological polar surface area (TPSA) is 100 Å². The van der Waals surface area contributed by atoms with Crippen LogP contribution in [0.3, 0.4) is 0 Å². The molecule has 0 unspecified atom stereocenters. The minimum atomic E-state index is -3.22. The largest absolute Gasteiger partial charge is 0.383 e. The summed E-state index contributed by atoms with van der Waals surface area (Å²) in [7, 11) is -3.22. The van der Waals surface area contributed by atoms with Crippen LogP contribution in [0.25, 0.3) is 49.6 Å². The number of nitrogens with two attached hydrogens (primary N) is 1. The Bertz CT molecular complexity index is 2000. The van der Waals surface area contributed by atoms with E-state index in [0.717, 1.165) is 5.39 Å². The summed E-state index contributed by atoms with van der Waals surface area (Å²) in [5.41, 5.74) is 8.49. The molecule has 6 rings (SSSR count). The maximum absolute atomic E-state index is 16.4. The summed E-state index contributed by atoms with van der Waals surface area (Å²) in [5.74, 6) is -1.11. The number of nitrogen functional groups attached to an aromatic ring is 1. The number of fused-ring (bicyclic) bond motifs is 2. The van der Waals surface area contributed by atoms with Gasteiger partial charge < -0.3 is 5.73 Å². The highest BCUT2D eigenvalue weighted by Gasteiger charge is 2.22. The van der Waals surface area contributed by atoms with Crippen molar-refractivity contribution < 1.29 is 21.4 Å². The van der Waals surface area contributed by atoms with Gasteiger partial charge in [0.25, 0.3) is 11.0 Å². The van der Waals surface area contributed by atoms with Crippen LogP contribution in [-0.2, 0) is 21.8 Å². The maximum Gasteiger partial charge on any atom is 0.257 e. The maximum atomic E-state index is 16.4. The Hall–Kier alpha value is -4.67. The number of halogens is 2. The van der Waals surface area contributed by atoms with Gasteiger partial charge in [-0.3, -0.25) is 4.18 Å². The van der Waals surface area contributed by atoms with Crippen molar-refractivity contribution in [3.05, 3.63) is 108 Å². The summed E-state index contributed by atoms with van der Waals surface area (Å²) >= 11 is 0. The van der Waals surface area contributed by atoms with Crippen LogP contribution in [0.15, 0.2) is 85.1 Å². The van der Waals surface area contributed by atoms with Gasteiger partial charge in [-0.15, -0.1) is 0 Å². The Balaban J connectivity index is 1.55. The highest BCUT2D eigenvalue weighted by molar-refractivity contribution is 7.67. The fraction of sp³-hybridized carbons (Fsp3) is 0.0667. The van der Waals surface area contributed by atoms with Crippen LogP contribution in [0.1, 0.15) is 11.3 Å². The van der Waals surface area contributed by atoms with Gasteiger partial charge in [-0.05, 0) is 41.6 Å². The molecule has 0 aliphatic carbocycles. The lowest BCUT2D eigenvalue weighted by Gasteiger charge is -2.15. The van der Waals surface area contributed by atoms with Gasteiger partial charge in [-0.2, -0.15) is 5.10 Å². The molecule has 0 saturated carbocycles. The van der Waals surface area contributed by atoms with E-state index in [2.05, 4.69) is 10.1 Å². The van der Waals surface area contributed by atoms with Crippen LogP contribution in [0, 0.1) is 18.6 Å². The molecule has 7 nitrogen and oxygen atoms in total. The van der Waals surface area contributed by atoms with Gasteiger partial charge in [0.1, 0.15) is 17.2 Å². The lowest BCUT2D eigenvalue weighted by atomic mass is 9.93. The van der Waals surface area contributed by atoms with Crippen molar-refractivity contribution in [2.45, 2.75) is 13.5 Å². The average Bonchev–Trinajstić information content (AvgIpc) is 3.30. The number of thiol groups is 1. The fourth-order valence-corrected chi connectivity index (χ4v) is 5.23. The van der Waals surface area contributed by atoms with Crippen LogP contribution < -0.4 is 5.73 Å². The van der Waals surface area contributed by atoms with E-state index in [4.69, 9.17) is 9.92 Å². The van der Waals surface area contributed by atoms with Gasteiger partial charge in [0, 0.05) is 33.7 Å². The summed E-state index contributed by atoms with van der Waals surface area (Å²) in [6, 6.07) is 22.5. The van der Waals surface area contributed by atoms with Crippen molar-refractivity contribution in [3.8, 4) is 27.9 Å². The predicted octanol–water partition coefficient (Wildman–Crippen LogP) is 6.12. The Kier molecular flexibility index (Phi) is 6.49. The molecule has 0 aliphatic heterocycles. The molecule has 0 fully saturated rings. The molecule has 200 valence electrons. The molecule has 6 aromatic rings. The van der Waals surface area contributed by atoms with E-state index in [-0.39, 0.29) is 22.2 Å². The molecule has 2 N–H and O–H groups in total. The van der Waals surface area contributed by atoms with E-state index in [1.165, 1.54) is 16.8 Å². The second-order valence-electron chi connectivity index (χ2n) is 9.24. The third kappa shape index (κ3) is 4.37. The predicted molar refractivity (Wildman–Crippen MR) is 151 cm³/mol. The molecule has 0 saturated heterocycles. The number of hydrogen-bond acceptors (Lipinski definition) is 6. The van der Waals surface area contributed by atoms with Crippen molar-refractivity contribution in [1.82, 2.24) is 14.8 Å². The van der Waals surface area contributed by atoms with E-state index < -0.39 is 29.2 Å². The second kappa shape index (κ2) is 10.1. The molecule has 10 heteroatoms. The van der Waals surface area contributed by atoms with Gasteiger partial charge in [-0.1, -0.05) is 60.7 Å². The normalized spacial score (nSPS) is 11.6. The minimum absolute atomic E-state index is 0.000456. The van der Waals surface area contributed by atoms with Crippen molar-refractivity contribution in [2.75, 3.05) is 5.73 Å². The monoisotopic (exact) mass is 556 g/mol. The average molecular weight is 557 g/mol. The third-order valence-corrected chi connectivity index (χ3v) is 7.27. The highest BCUT2D eigenvalue weighted by atomic mass is 32.2. The number of aromatic nitrogens is 3. The smallest absolute Gasteiger partial charge is 0.257 e. The first-order valence-electron chi connectivity index (χ1n) is 12.3. The third-order valence-electron chi connectivity index (χ3n) is 6.93. The molecular formula is C30H22F2N4O3S. The lowest BCUT2D eigenvalue weighted by molar-refractivity contribution is 0.317. The van der Waals surface area contributed by atoms with E-state index in [0.29, 0.717) is 39.1 Å². The number of pyridine rings is 1. The van der Waals surface area contributed by atoms with Gasteiger partial charge in [0.15, 0.2) is 5.82 Å². The van der Waals surface area contributed by atoms with Gasteiger partial charge >= 0.3 is 0 Å². The molecule has 0 aliphatic rings. The van der Waals surface area contributed by atoms with Crippen molar-refractivity contribution in [2.24, 2.45) is 0 Å².